The summed E-state index contributed by atoms with van der Waals surface area (Å²) >= 11 is 5.65. The Labute approximate surface area is 192 Å². The van der Waals surface area contributed by atoms with E-state index in [0.29, 0.717) is 17.7 Å². The summed E-state index contributed by atoms with van der Waals surface area (Å²) in [5, 5.41) is 3.44. The van der Waals surface area contributed by atoms with Gasteiger partial charge in [0.25, 0.3) is 11.8 Å². The van der Waals surface area contributed by atoms with Crippen LogP contribution in [0.1, 0.15) is 45.4 Å². The molecule has 0 saturated carbocycles. The van der Waals surface area contributed by atoms with Crippen molar-refractivity contribution in [3.63, 3.8) is 0 Å². The molecule has 2 aromatic rings. The SMILES string of the molecule is [2H]c1cc(C(F)(F)C(=O)NC([2H])([2H])c2ccc3c(c2)CN(C2CCC(=O)NC2=O)C3=O)cc([2H])c1Cl. The Morgan fingerprint density at radius 3 is 2.69 bits per heavy atom. The molecule has 10 heteroatoms. The normalized spacial score (nSPS) is 20.7. The zero-order valence-corrected chi connectivity index (χ0v) is 17.1. The van der Waals surface area contributed by atoms with E-state index in [2.05, 4.69) is 5.32 Å². The lowest BCUT2D eigenvalue weighted by molar-refractivity contribution is -0.147. The molecule has 2 heterocycles. The van der Waals surface area contributed by atoms with Gasteiger partial charge < -0.3 is 10.2 Å². The second kappa shape index (κ2) is 8.31. The summed E-state index contributed by atoms with van der Waals surface area (Å²) < 4.78 is 61.1. The first kappa shape index (κ1) is 17.3. The van der Waals surface area contributed by atoms with Crippen LogP contribution in [-0.4, -0.2) is 34.6 Å². The van der Waals surface area contributed by atoms with Crippen molar-refractivity contribution in [1.82, 2.24) is 15.5 Å². The van der Waals surface area contributed by atoms with Crippen molar-refractivity contribution in [2.24, 2.45) is 0 Å². The third-order valence-corrected chi connectivity index (χ3v) is 5.42. The minimum absolute atomic E-state index is 0.0572. The molecule has 2 aliphatic heterocycles. The van der Waals surface area contributed by atoms with Gasteiger partial charge in [-0.3, -0.25) is 24.5 Å². The van der Waals surface area contributed by atoms with E-state index in [-0.39, 0.29) is 35.5 Å². The van der Waals surface area contributed by atoms with Crippen LogP contribution in [0.2, 0.25) is 5.02 Å². The Morgan fingerprint density at radius 1 is 1.28 bits per heavy atom. The van der Waals surface area contributed by atoms with Crippen LogP contribution < -0.4 is 10.6 Å². The largest absolute Gasteiger partial charge is 0.349 e. The average molecular weight is 466 g/mol. The van der Waals surface area contributed by atoms with E-state index in [9.17, 15) is 28.0 Å². The Morgan fingerprint density at radius 2 is 2.00 bits per heavy atom. The summed E-state index contributed by atoms with van der Waals surface area (Å²) in [5.41, 5.74) is -0.707. The van der Waals surface area contributed by atoms with Crippen LogP contribution in [0.15, 0.2) is 42.4 Å². The minimum Gasteiger partial charge on any atom is -0.346 e. The number of nitrogens with one attached hydrogen (secondary N) is 2. The van der Waals surface area contributed by atoms with Gasteiger partial charge in [0.2, 0.25) is 11.8 Å². The first-order valence-corrected chi connectivity index (χ1v) is 9.86. The van der Waals surface area contributed by atoms with E-state index < -0.39 is 59.7 Å². The van der Waals surface area contributed by atoms with E-state index >= 15 is 0 Å². The molecule has 1 atom stereocenters. The number of carbonyl (C=O) groups excluding carboxylic acids is 4. The minimum atomic E-state index is -4.28. The molecule has 1 saturated heterocycles. The van der Waals surface area contributed by atoms with Crippen molar-refractivity contribution in [3.8, 4) is 0 Å². The highest BCUT2D eigenvalue weighted by atomic mass is 35.5. The number of amides is 4. The molecule has 1 unspecified atom stereocenters. The standard InChI is InChI=1S/C22H18ClF2N3O4/c23-15-4-2-14(3-5-15)22(24,25)21(32)26-10-12-1-6-16-13(9-12)11-28(20(16)31)17-7-8-18(29)27-19(17)30/h1-6,9,17H,7-8,10-11H2,(H,26,32)(H,27,29,30)/i4D,5D,10D2. The van der Waals surface area contributed by atoms with Gasteiger partial charge >= 0.3 is 5.92 Å². The first-order chi connectivity index (χ1) is 16.7. The van der Waals surface area contributed by atoms with Crippen molar-refractivity contribution in [2.75, 3.05) is 0 Å². The summed E-state index contributed by atoms with van der Waals surface area (Å²) in [6, 6.07) is 2.87. The summed E-state index contributed by atoms with van der Waals surface area (Å²) in [6.07, 6.45) is 0.190. The maximum Gasteiger partial charge on any atom is 0.349 e. The fourth-order valence-electron chi connectivity index (χ4n) is 3.54. The van der Waals surface area contributed by atoms with Gasteiger partial charge in [0.1, 0.15) is 6.04 Å². The number of nitrogens with zero attached hydrogens (tertiary/aromatic N) is 1. The number of benzene rings is 2. The topological polar surface area (TPSA) is 95.6 Å². The Bertz CT molecular complexity index is 1300. The molecule has 0 aromatic heterocycles. The second-order valence-corrected chi connectivity index (χ2v) is 7.65. The monoisotopic (exact) mass is 465 g/mol. The van der Waals surface area contributed by atoms with Crippen molar-refractivity contribution in [1.29, 1.82) is 0 Å². The number of alkyl halides is 2. The quantitative estimate of drug-likeness (QED) is 0.663. The average Bonchev–Trinajstić information content (AvgIpc) is 3.12. The summed E-state index contributed by atoms with van der Waals surface area (Å²) in [7, 11) is 0. The van der Waals surface area contributed by atoms with Gasteiger partial charge in [-0.05, 0) is 35.7 Å². The molecule has 166 valence electrons. The van der Waals surface area contributed by atoms with Crippen LogP contribution in [-0.2, 0) is 33.3 Å². The Kier molecular flexibility index (Phi) is 4.48. The van der Waals surface area contributed by atoms with Crippen LogP contribution in [0.25, 0.3) is 0 Å². The van der Waals surface area contributed by atoms with Crippen molar-refractivity contribution < 1.29 is 33.4 Å². The van der Waals surface area contributed by atoms with Crippen LogP contribution in [0.4, 0.5) is 8.78 Å². The van der Waals surface area contributed by atoms with Gasteiger partial charge in [-0.2, -0.15) is 8.78 Å². The number of rotatable bonds is 5. The van der Waals surface area contributed by atoms with E-state index in [1.165, 1.54) is 17.0 Å². The number of halogens is 3. The number of fused-ring (bicyclic) bond motifs is 1. The van der Waals surface area contributed by atoms with Crippen LogP contribution in [0.5, 0.6) is 0 Å². The number of hydrogen-bond donors (Lipinski definition) is 2. The second-order valence-electron chi connectivity index (χ2n) is 7.27. The van der Waals surface area contributed by atoms with E-state index in [4.69, 9.17) is 17.1 Å². The van der Waals surface area contributed by atoms with Gasteiger partial charge in [0, 0.05) is 35.6 Å². The van der Waals surface area contributed by atoms with Crippen LogP contribution >= 0.6 is 11.6 Å². The molecule has 0 radical (unpaired) electrons. The van der Waals surface area contributed by atoms with Gasteiger partial charge in [-0.15, -0.1) is 0 Å². The van der Waals surface area contributed by atoms with E-state index in [0.717, 1.165) is 6.07 Å². The molecule has 4 amide bonds. The number of piperidine rings is 1. The van der Waals surface area contributed by atoms with Gasteiger partial charge in [-0.1, -0.05) is 35.9 Å². The zero-order chi connectivity index (χ0) is 26.6. The summed E-state index contributed by atoms with van der Waals surface area (Å²) in [5.74, 6) is -7.84. The Balaban J connectivity index is 1.55. The lowest BCUT2D eigenvalue weighted by Crippen LogP contribution is -2.52. The first-order valence-electron chi connectivity index (χ1n) is 11.5. The molecule has 0 aliphatic carbocycles. The maximum atomic E-state index is 14.8. The summed E-state index contributed by atoms with van der Waals surface area (Å²) in [6.45, 7) is -2.86. The lowest BCUT2D eigenvalue weighted by atomic mass is 10.0. The predicted octanol–water partition coefficient (Wildman–Crippen LogP) is 2.51. The molecule has 32 heavy (non-hydrogen) atoms. The molecule has 2 aliphatic rings. The highest BCUT2D eigenvalue weighted by Crippen LogP contribution is 2.30. The van der Waals surface area contributed by atoms with Crippen molar-refractivity contribution in [3.05, 3.63) is 69.7 Å². The van der Waals surface area contributed by atoms with Gasteiger partial charge in [-0.25, -0.2) is 0 Å². The van der Waals surface area contributed by atoms with Gasteiger partial charge in [0.05, 0.1) is 5.48 Å². The molecule has 2 aromatic carbocycles. The van der Waals surface area contributed by atoms with Gasteiger partial charge in [0.15, 0.2) is 0 Å². The molecule has 4 rings (SSSR count). The fraction of sp³-hybridized carbons (Fsp3) is 0.273. The van der Waals surface area contributed by atoms with Crippen molar-refractivity contribution in [2.45, 2.75) is 37.8 Å². The third kappa shape index (κ3) is 4.08. The predicted molar refractivity (Wildman–Crippen MR) is 110 cm³/mol. The van der Waals surface area contributed by atoms with E-state index in [1.54, 1.807) is 5.32 Å². The number of carbonyl (C=O) groups is 4. The molecule has 2 N–H and O–H groups in total. The van der Waals surface area contributed by atoms with E-state index in [1.807, 2.05) is 0 Å². The van der Waals surface area contributed by atoms with Crippen molar-refractivity contribution >= 4 is 35.2 Å². The molecular formula is C22H18ClF2N3O4. The zero-order valence-electron chi connectivity index (χ0n) is 20.3. The van der Waals surface area contributed by atoms with Crippen LogP contribution in [0.3, 0.4) is 0 Å². The lowest BCUT2D eigenvalue weighted by Gasteiger charge is -2.29. The smallest absolute Gasteiger partial charge is 0.346 e. The molecular weight excluding hydrogens is 444 g/mol. The molecule has 7 nitrogen and oxygen atoms in total. The molecule has 1 fully saturated rings. The number of hydrogen-bond acceptors (Lipinski definition) is 4. The highest BCUT2D eigenvalue weighted by molar-refractivity contribution is 6.30. The summed E-state index contributed by atoms with van der Waals surface area (Å²) in [4.78, 5) is 50.0. The molecule has 0 bridgehead atoms. The molecule has 0 spiro atoms. The Hall–Kier alpha value is -3.33. The maximum absolute atomic E-state index is 14.8. The fourth-order valence-corrected chi connectivity index (χ4v) is 3.65. The third-order valence-electron chi connectivity index (χ3n) is 5.20. The highest BCUT2D eigenvalue weighted by Gasteiger charge is 2.41. The van der Waals surface area contributed by atoms with Crippen LogP contribution in [0, 0.1) is 0 Å². The number of imide groups is 1.